The van der Waals surface area contributed by atoms with E-state index in [1.54, 1.807) is 0 Å². The standard InChI is InChI=1S/C13H17N3/c1-2-3-9-13-11-16(15-14-13)10-12-7-5-4-6-8-12/h4-8,11H,2-3,9-10H2,1H3. The molecule has 0 aliphatic carbocycles. The first kappa shape index (κ1) is 10.9. The maximum absolute atomic E-state index is 4.16. The Hall–Kier alpha value is -1.64. The molecule has 1 aromatic heterocycles. The molecular weight excluding hydrogens is 198 g/mol. The van der Waals surface area contributed by atoms with Crippen LogP contribution in [0.1, 0.15) is 31.0 Å². The number of hydrogen-bond donors (Lipinski definition) is 0. The molecule has 0 N–H and O–H groups in total. The predicted molar refractivity (Wildman–Crippen MR) is 64.2 cm³/mol. The Morgan fingerprint density at radius 3 is 2.75 bits per heavy atom. The summed E-state index contributed by atoms with van der Waals surface area (Å²) in [5.41, 5.74) is 2.35. The molecule has 0 unspecified atom stereocenters. The second-order valence-corrected chi connectivity index (χ2v) is 4.00. The zero-order chi connectivity index (χ0) is 11.2. The summed E-state index contributed by atoms with van der Waals surface area (Å²) in [6.07, 6.45) is 5.46. The molecule has 0 fully saturated rings. The molecule has 1 heterocycles. The van der Waals surface area contributed by atoms with E-state index in [0.29, 0.717) is 0 Å². The van der Waals surface area contributed by atoms with E-state index in [9.17, 15) is 0 Å². The first-order chi connectivity index (χ1) is 7.88. The van der Waals surface area contributed by atoms with Gasteiger partial charge in [0, 0.05) is 6.20 Å². The van der Waals surface area contributed by atoms with Gasteiger partial charge in [-0.1, -0.05) is 48.9 Å². The van der Waals surface area contributed by atoms with Gasteiger partial charge in [-0.25, -0.2) is 4.68 Å². The fourth-order valence-electron chi connectivity index (χ4n) is 1.66. The molecule has 0 spiro atoms. The van der Waals surface area contributed by atoms with Crippen molar-refractivity contribution in [2.75, 3.05) is 0 Å². The van der Waals surface area contributed by atoms with Crippen LogP contribution in [-0.4, -0.2) is 15.0 Å². The van der Waals surface area contributed by atoms with Crippen LogP contribution in [0.15, 0.2) is 36.5 Å². The average molecular weight is 215 g/mol. The molecule has 2 aromatic rings. The van der Waals surface area contributed by atoms with Crippen LogP contribution >= 0.6 is 0 Å². The van der Waals surface area contributed by atoms with E-state index < -0.39 is 0 Å². The van der Waals surface area contributed by atoms with Crippen molar-refractivity contribution >= 4 is 0 Å². The lowest BCUT2D eigenvalue weighted by atomic mass is 10.2. The van der Waals surface area contributed by atoms with Gasteiger partial charge in [-0.3, -0.25) is 0 Å². The molecule has 0 saturated carbocycles. The Morgan fingerprint density at radius 2 is 2.00 bits per heavy atom. The zero-order valence-electron chi connectivity index (χ0n) is 9.63. The van der Waals surface area contributed by atoms with E-state index in [2.05, 4.69) is 29.4 Å². The van der Waals surface area contributed by atoms with Crippen LogP contribution in [0.2, 0.25) is 0 Å². The van der Waals surface area contributed by atoms with Crippen molar-refractivity contribution in [2.45, 2.75) is 32.7 Å². The highest BCUT2D eigenvalue weighted by Gasteiger charge is 2.00. The van der Waals surface area contributed by atoms with E-state index in [-0.39, 0.29) is 0 Å². The van der Waals surface area contributed by atoms with Crippen LogP contribution in [-0.2, 0) is 13.0 Å². The third kappa shape index (κ3) is 2.92. The summed E-state index contributed by atoms with van der Waals surface area (Å²) < 4.78 is 1.90. The largest absolute Gasteiger partial charge is 0.248 e. The van der Waals surface area contributed by atoms with Crippen molar-refractivity contribution in [2.24, 2.45) is 0 Å². The normalized spacial score (nSPS) is 10.6. The van der Waals surface area contributed by atoms with Gasteiger partial charge in [-0.05, 0) is 18.4 Å². The van der Waals surface area contributed by atoms with E-state index in [4.69, 9.17) is 0 Å². The first-order valence-corrected chi connectivity index (χ1v) is 5.81. The second kappa shape index (κ2) is 5.45. The predicted octanol–water partition coefficient (Wildman–Crippen LogP) is 2.67. The summed E-state index contributed by atoms with van der Waals surface area (Å²) in [6, 6.07) is 10.3. The number of aryl methyl sites for hydroxylation is 1. The highest BCUT2D eigenvalue weighted by atomic mass is 15.4. The van der Waals surface area contributed by atoms with E-state index in [1.165, 1.54) is 18.4 Å². The molecule has 3 nitrogen and oxygen atoms in total. The number of benzene rings is 1. The van der Waals surface area contributed by atoms with Crippen LogP contribution in [0.4, 0.5) is 0 Å². The van der Waals surface area contributed by atoms with Crippen LogP contribution in [0, 0.1) is 0 Å². The topological polar surface area (TPSA) is 30.7 Å². The molecule has 0 amide bonds. The van der Waals surface area contributed by atoms with E-state index in [1.807, 2.05) is 29.1 Å². The fourth-order valence-corrected chi connectivity index (χ4v) is 1.66. The van der Waals surface area contributed by atoms with Crippen molar-refractivity contribution in [3.63, 3.8) is 0 Å². The van der Waals surface area contributed by atoms with Gasteiger partial charge in [0.25, 0.3) is 0 Å². The van der Waals surface area contributed by atoms with E-state index >= 15 is 0 Å². The highest BCUT2D eigenvalue weighted by Crippen LogP contribution is 2.04. The number of unbranched alkanes of at least 4 members (excludes halogenated alkanes) is 1. The Morgan fingerprint density at radius 1 is 1.19 bits per heavy atom. The smallest absolute Gasteiger partial charge is 0.0827 e. The summed E-state index contributed by atoms with van der Waals surface area (Å²) >= 11 is 0. The van der Waals surface area contributed by atoms with Gasteiger partial charge >= 0.3 is 0 Å². The Bertz CT molecular complexity index is 420. The lowest BCUT2D eigenvalue weighted by molar-refractivity contribution is 0.649. The number of nitrogens with zero attached hydrogens (tertiary/aromatic N) is 3. The summed E-state index contributed by atoms with van der Waals surface area (Å²) in [7, 11) is 0. The molecule has 0 aliphatic heterocycles. The molecule has 84 valence electrons. The maximum atomic E-state index is 4.16. The van der Waals surface area contributed by atoms with Crippen LogP contribution in [0.5, 0.6) is 0 Å². The molecule has 0 bridgehead atoms. The summed E-state index contributed by atoms with van der Waals surface area (Å²) in [5, 5.41) is 8.29. The third-order valence-corrected chi connectivity index (χ3v) is 2.56. The molecule has 0 atom stereocenters. The molecule has 0 radical (unpaired) electrons. The third-order valence-electron chi connectivity index (χ3n) is 2.56. The minimum absolute atomic E-state index is 0.806. The fraction of sp³-hybridized carbons (Fsp3) is 0.385. The van der Waals surface area contributed by atoms with Crippen molar-refractivity contribution in [1.82, 2.24) is 15.0 Å². The minimum atomic E-state index is 0.806. The Labute approximate surface area is 96.1 Å². The van der Waals surface area contributed by atoms with Gasteiger partial charge in [-0.2, -0.15) is 0 Å². The van der Waals surface area contributed by atoms with E-state index in [0.717, 1.165) is 18.7 Å². The summed E-state index contributed by atoms with van der Waals surface area (Å²) in [5.74, 6) is 0. The first-order valence-electron chi connectivity index (χ1n) is 5.81. The number of hydrogen-bond acceptors (Lipinski definition) is 2. The average Bonchev–Trinajstić information content (AvgIpc) is 2.75. The molecule has 0 aliphatic rings. The molecule has 1 aromatic carbocycles. The van der Waals surface area contributed by atoms with Crippen LogP contribution < -0.4 is 0 Å². The lowest BCUT2D eigenvalue weighted by Crippen LogP contribution is -1.99. The summed E-state index contributed by atoms with van der Waals surface area (Å²) in [6.45, 7) is 2.99. The molecule has 2 rings (SSSR count). The van der Waals surface area contributed by atoms with Crippen molar-refractivity contribution < 1.29 is 0 Å². The minimum Gasteiger partial charge on any atom is -0.248 e. The Balaban J connectivity index is 1.97. The molecule has 3 heteroatoms. The number of rotatable bonds is 5. The second-order valence-electron chi connectivity index (χ2n) is 4.00. The van der Waals surface area contributed by atoms with Crippen LogP contribution in [0.3, 0.4) is 0 Å². The zero-order valence-corrected chi connectivity index (χ0v) is 9.63. The van der Waals surface area contributed by atoms with Crippen LogP contribution in [0.25, 0.3) is 0 Å². The van der Waals surface area contributed by atoms with Gasteiger partial charge < -0.3 is 0 Å². The SMILES string of the molecule is CCCCc1cn(Cc2ccccc2)nn1. The number of aromatic nitrogens is 3. The monoisotopic (exact) mass is 215 g/mol. The molecule has 16 heavy (non-hydrogen) atoms. The lowest BCUT2D eigenvalue weighted by Gasteiger charge is -1.99. The van der Waals surface area contributed by atoms with Crippen molar-refractivity contribution in [3.8, 4) is 0 Å². The quantitative estimate of drug-likeness (QED) is 0.767. The van der Waals surface area contributed by atoms with Crippen molar-refractivity contribution in [1.29, 1.82) is 0 Å². The highest BCUT2D eigenvalue weighted by molar-refractivity contribution is 5.14. The van der Waals surface area contributed by atoms with Gasteiger partial charge in [0.1, 0.15) is 0 Å². The van der Waals surface area contributed by atoms with Gasteiger partial charge in [0.05, 0.1) is 12.2 Å². The molecular formula is C13H17N3. The van der Waals surface area contributed by atoms with Gasteiger partial charge in [0.15, 0.2) is 0 Å². The van der Waals surface area contributed by atoms with Gasteiger partial charge in [0.2, 0.25) is 0 Å². The maximum Gasteiger partial charge on any atom is 0.0827 e. The van der Waals surface area contributed by atoms with Gasteiger partial charge in [-0.15, -0.1) is 5.10 Å². The summed E-state index contributed by atoms with van der Waals surface area (Å²) in [4.78, 5) is 0. The molecule has 0 saturated heterocycles. The Kier molecular flexibility index (Phi) is 3.70. The van der Waals surface area contributed by atoms with Crippen molar-refractivity contribution in [3.05, 3.63) is 47.8 Å².